The Morgan fingerprint density at radius 1 is 1.17 bits per heavy atom. The summed E-state index contributed by atoms with van der Waals surface area (Å²) < 4.78 is 14.4. The lowest BCUT2D eigenvalue weighted by Crippen LogP contribution is -2.18. The number of hydrogen-bond donors (Lipinski definition) is 2. The Balaban J connectivity index is 1.54. The molecule has 7 heteroatoms. The summed E-state index contributed by atoms with van der Waals surface area (Å²) in [7, 11) is 2.14. The van der Waals surface area contributed by atoms with Gasteiger partial charge in [0.1, 0.15) is 5.82 Å². The number of benzene rings is 2. The van der Waals surface area contributed by atoms with Gasteiger partial charge in [-0.2, -0.15) is 0 Å². The minimum Gasteiger partial charge on any atom is -0.398 e. The zero-order chi connectivity index (χ0) is 20.3. The summed E-state index contributed by atoms with van der Waals surface area (Å²) >= 11 is 5.89. The molecule has 0 bridgehead atoms. The smallest absolute Gasteiger partial charge is 0.165 e. The van der Waals surface area contributed by atoms with Crippen LogP contribution in [0.3, 0.4) is 0 Å². The fourth-order valence-electron chi connectivity index (χ4n) is 4.23. The van der Waals surface area contributed by atoms with Crippen molar-refractivity contribution in [2.75, 3.05) is 31.6 Å². The zero-order valence-electron chi connectivity index (χ0n) is 15.8. The molecule has 5 rings (SSSR count). The van der Waals surface area contributed by atoms with E-state index in [1.165, 1.54) is 6.07 Å². The first kappa shape index (κ1) is 18.2. The number of rotatable bonds is 1. The zero-order valence-corrected chi connectivity index (χ0v) is 16.5. The van der Waals surface area contributed by atoms with E-state index >= 15 is 0 Å². The van der Waals surface area contributed by atoms with Gasteiger partial charge in [0.25, 0.3) is 0 Å². The van der Waals surface area contributed by atoms with Crippen LogP contribution in [0, 0.1) is 35.4 Å². The number of halogens is 2. The van der Waals surface area contributed by atoms with Crippen molar-refractivity contribution in [3.8, 4) is 23.2 Å². The average Bonchev–Trinajstić information content (AvgIpc) is 3.15. The van der Waals surface area contributed by atoms with Gasteiger partial charge in [0.15, 0.2) is 11.6 Å². The predicted octanol–water partition coefficient (Wildman–Crippen LogP) is 3.41. The molecule has 1 saturated heterocycles. The molecule has 1 aromatic heterocycles. The van der Waals surface area contributed by atoms with Gasteiger partial charge in [-0.1, -0.05) is 29.5 Å². The Kier molecular flexibility index (Phi) is 4.12. The van der Waals surface area contributed by atoms with Crippen molar-refractivity contribution < 1.29 is 4.39 Å². The molecule has 146 valence electrons. The summed E-state index contributed by atoms with van der Waals surface area (Å²) in [5, 5.41) is 0.624. The van der Waals surface area contributed by atoms with Crippen molar-refractivity contribution in [2.45, 2.75) is 0 Å². The molecule has 2 aliphatic rings. The summed E-state index contributed by atoms with van der Waals surface area (Å²) in [6.45, 7) is 2.21. The summed E-state index contributed by atoms with van der Waals surface area (Å²) in [5.41, 5.74) is 14.3. The number of aromatic nitrogens is 2. The predicted molar refractivity (Wildman–Crippen MR) is 114 cm³/mol. The van der Waals surface area contributed by atoms with E-state index in [4.69, 9.17) is 23.1 Å². The molecule has 1 aliphatic carbocycles. The molecule has 4 N–H and O–H groups in total. The number of hydrogen-bond acceptors (Lipinski definition) is 5. The summed E-state index contributed by atoms with van der Waals surface area (Å²) in [6.07, 6.45) is 0. The Bertz CT molecular complexity index is 1200. The average molecular weight is 408 g/mol. The maximum absolute atomic E-state index is 14.4. The van der Waals surface area contributed by atoms with Crippen LogP contribution in [0.15, 0.2) is 30.3 Å². The standard InChI is InChI=1S/C22H19ClFN5/c1-29-9-15-12(16(15)10-29)6-5-11-7-19-14(8-18(11)25)21(26)28-22(27-19)13-3-2-4-17(23)20(13)24/h2-4,7-8,12,15-16H,9-10,25H2,1H3,(H2,26,27,28)/t12-,15-,16+. The highest BCUT2D eigenvalue weighted by atomic mass is 35.5. The van der Waals surface area contributed by atoms with Gasteiger partial charge >= 0.3 is 0 Å². The topological polar surface area (TPSA) is 81.1 Å². The first-order chi connectivity index (χ1) is 13.9. The molecule has 3 atom stereocenters. The molecule has 1 saturated carbocycles. The summed E-state index contributed by atoms with van der Waals surface area (Å²) in [5.74, 6) is 8.20. The van der Waals surface area contributed by atoms with Crippen LogP contribution in [0.1, 0.15) is 5.56 Å². The van der Waals surface area contributed by atoms with Gasteiger partial charge in [-0.15, -0.1) is 0 Å². The fraction of sp³-hybridized carbons (Fsp3) is 0.273. The molecule has 0 amide bonds. The van der Waals surface area contributed by atoms with E-state index in [0.717, 1.165) is 13.1 Å². The highest BCUT2D eigenvalue weighted by Gasteiger charge is 2.53. The number of nitrogen functional groups attached to an aromatic ring is 2. The summed E-state index contributed by atoms with van der Waals surface area (Å²) in [4.78, 5) is 11.1. The third-order valence-corrected chi connectivity index (χ3v) is 6.13. The first-order valence-electron chi connectivity index (χ1n) is 9.43. The molecule has 2 fully saturated rings. The number of likely N-dealkylation sites (tertiary alicyclic amines) is 1. The van der Waals surface area contributed by atoms with E-state index in [1.807, 2.05) is 0 Å². The Morgan fingerprint density at radius 3 is 2.69 bits per heavy atom. The van der Waals surface area contributed by atoms with Crippen LogP contribution < -0.4 is 11.5 Å². The van der Waals surface area contributed by atoms with E-state index in [0.29, 0.717) is 39.9 Å². The van der Waals surface area contributed by atoms with Crippen molar-refractivity contribution in [1.82, 2.24) is 14.9 Å². The van der Waals surface area contributed by atoms with E-state index in [-0.39, 0.29) is 22.2 Å². The van der Waals surface area contributed by atoms with Gasteiger partial charge in [0.05, 0.1) is 16.1 Å². The lowest BCUT2D eigenvalue weighted by molar-refractivity contribution is 0.360. The van der Waals surface area contributed by atoms with Crippen molar-refractivity contribution in [1.29, 1.82) is 0 Å². The SMILES string of the molecule is CN1C[C@@H]2[C@@H](C#Cc3cc4nc(-c5cccc(Cl)c5F)nc(N)c4cc3N)[C@@H]2C1. The maximum atomic E-state index is 14.4. The van der Waals surface area contributed by atoms with Crippen LogP contribution in [0.25, 0.3) is 22.3 Å². The molecule has 5 nitrogen and oxygen atoms in total. The first-order valence-corrected chi connectivity index (χ1v) is 9.81. The molecular formula is C22H19ClFN5. The lowest BCUT2D eigenvalue weighted by Gasteiger charge is -2.10. The Morgan fingerprint density at radius 2 is 1.93 bits per heavy atom. The van der Waals surface area contributed by atoms with E-state index in [2.05, 4.69) is 33.8 Å². The molecule has 29 heavy (non-hydrogen) atoms. The normalized spacial score (nSPS) is 22.9. The molecular weight excluding hydrogens is 389 g/mol. The van der Waals surface area contributed by atoms with Crippen LogP contribution in [0.5, 0.6) is 0 Å². The van der Waals surface area contributed by atoms with Gasteiger partial charge in [-0.05, 0) is 43.1 Å². The Hall–Kier alpha value is -2.88. The number of anilines is 2. The maximum Gasteiger partial charge on any atom is 0.165 e. The lowest BCUT2D eigenvalue weighted by atomic mass is 10.1. The van der Waals surface area contributed by atoms with Gasteiger partial charge in [-0.3, -0.25) is 0 Å². The largest absolute Gasteiger partial charge is 0.398 e. The molecule has 1 aliphatic heterocycles. The molecule has 0 spiro atoms. The van der Waals surface area contributed by atoms with Crippen LogP contribution in [0.4, 0.5) is 15.9 Å². The number of nitrogens with two attached hydrogens (primary N) is 2. The molecule has 2 aromatic carbocycles. The van der Waals surface area contributed by atoms with E-state index in [9.17, 15) is 4.39 Å². The van der Waals surface area contributed by atoms with Crippen LogP contribution in [-0.2, 0) is 0 Å². The second-order valence-electron chi connectivity index (χ2n) is 7.83. The van der Waals surface area contributed by atoms with Crippen molar-refractivity contribution in [3.63, 3.8) is 0 Å². The minimum atomic E-state index is -0.575. The quantitative estimate of drug-likeness (QED) is 0.477. The molecule has 2 heterocycles. The van der Waals surface area contributed by atoms with Crippen molar-refractivity contribution >= 4 is 34.0 Å². The van der Waals surface area contributed by atoms with Gasteiger partial charge < -0.3 is 16.4 Å². The van der Waals surface area contributed by atoms with Crippen molar-refractivity contribution in [3.05, 3.63) is 46.7 Å². The second kappa shape index (κ2) is 6.58. The highest BCUT2D eigenvalue weighted by molar-refractivity contribution is 6.31. The minimum absolute atomic E-state index is 0.00857. The number of nitrogens with zero attached hydrogens (tertiary/aromatic N) is 3. The van der Waals surface area contributed by atoms with Crippen LogP contribution in [-0.4, -0.2) is 35.0 Å². The van der Waals surface area contributed by atoms with Gasteiger partial charge in [0, 0.05) is 35.6 Å². The number of fused-ring (bicyclic) bond motifs is 2. The fourth-order valence-corrected chi connectivity index (χ4v) is 4.41. The monoisotopic (exact) mass is 407 g/mol. The van der Waals surface area contributed by atoms with Gasteiger partial charge in [0.2, 0.25) is 0 Å². The molecule has 0 radical (unpaired) electrons. The van der Waals surface area contributed by atoms with Crippen LogP contribution >= 0.6 is 11.6 Å². The van der Waals surface area contributed by atoms with Crippen LogP contribution in [0.2, 0.25) is 5.02 Å². The molecule has 0 unspecified atom stereocenters. The van der Waals surface area contributed by atoms with E-state index in [1.54, 1.807) is 24.3 Å². The summed E-state index contributed by atoms with van der Waals surface area (Å²) in [6, 6.07) is 8.22. The third kappa shape index (κ3) is 3.07. The van der Waals surface area contributed by atoms with E-state index < -0.39 is 5.82 Å². The van der Waals surface area contributed by atoms with Gasteiger partial charge in [-0.25, -0.2) is 14.4 Å². The third-order valence-electron chi connectivity index (χ3n) is 5.84. The second-order valence-corrected chi connectivity index (χ2v) is 8.24. The Labute approximate surface area is 172 Å². The highest BCUT2D eigenvalue weighted by Crippen LogP contribution is 2.50. The molecule has 3 aromatic rings. The number of piperidine rings is 1. The van der Waals surface area contributed by atoms with Crippen molar-refractivity contribution in [2.24, 2.45) is 17.8 Å².